The average Bonchev–Trinajstić information content (AvgIpc) is 3.48. The van der Waals surface area contributed by atoms with E-state index in [4.69, 9.17) is 33.4 Å². The van der Waals surface area contributed by atoms with Crippen molar-refractivity contribution in [1.82, 2.24) is 14.5 Å². The lowest BCUT2D eigenvalue weighted by atomic mass is 9.98. The van der Waals surface area contributed by atoms with Crippen molar-refractivity contribution in [3.63, 3.8) is 0 Å². The van der Waals surface area contributed by atoms with Gasteiger partial charge in [0.2, 0.25) is 5.88 Å². The smallest absolute Gasteiger partial charge is 0.338 e. The minimum atomic E-state index is -0.707. The highest BCUT2D eigenvalue weighted by atomic mass is 19.1. The third-order valence-corrected chi connectivity index (χ3v) is 9.24. The average molecular weight is 711 g/mol. The highest BCUT2D eigenvalue weighted by molar-refractivity contribution is 5.96. The van der Waals surface area contributed by atoms with Gasteiger partial charge in [-0.3, -0.25) is 0 Å². The monoisotopic (exact) mass is 710 g/mol. The molecular formula is C39H36F2N4O7. The highest BCUT2D eigenvalue weighted by Gasteiger charge is 2.26. The summed E-state index contributed by atoms with van der Waals surface area (Å²) in [7, 11) is 2.87. The summed E-state index contributed by atoms with van der Waals surface area (Å²) < 4.78 is 67.5. The second-order valence-corrected chi connectivity index (χ2v) is 12.5. The Balaban J connectivity index is 1.32. The van der Waals surface area contributed by atoms with Gasteiger partial charge in [-0.15, -0.1) is 0 Å². The number of halogens is 2. The second-order valence-electron chi connectivity index (χ2n) is 12.5. The largest absolute Gasteiger partial charge is 0.489 e. The van der Waals surface area contributed by atoms with Crippen LogP contribution in [0.15, 0.2) is 54.6 Å². The summed E-state index contributed by atoms with van der Waals surface area (Å²) in [6, 6.07) is 16.3. The first-order chi connectivity index (χ1) is 25.3. The van der Waals surface area contributed by atoms with Gasteiger partial charge in [0, 0.05) is 31.8 Å². The Kier molecular flexibility index (Phi) is 10.4. The van der Waals surface area contributed by atoms with E-state index in [-0.39, 0.29) is 55.0 Å². The topological polar surface area (TPSA) is 127 Å². The summed E-state index contributed by atoms with van der Waals surface area (Å²) in [6.45, 7) is 2.11. The minimum Gasteiger partial charge on any atom is -0.489 e. The number of rotatable bonds is 9. The van der Waals surface area contributed by atoms with Crippen LogP contribution in [0.1, 0.15) is 50.4 Å². The van der Waals surface area contributed by atoms with Crippen molar-refractivity contribution < 1.29 is 42.0 Å². The minimum absolute atomic E-state index is 0.0330. The number of carbonyl (C=O) groups is 1. The Bertz CT molecular complexity index is 2180. The number of ether oxygens (including phenoxy) is 6. The van der Waals surface area contributed by atoms with Gasteiger partial charge in [0.05, 0.1) is 62.3 Å². The lowest BCUT2D eigenvalue weighted by Gasteiger charge is -2.27. The Labute approximate surface area is 298 Å². The van der Waals surface area contributed by atoms with Crippen molar-refractivity contribution in [3.8, 4) is 29.0 Å². The molecule has 0 unspecified atom stereocenters. The fourth-order valence-corrected chi connectivity index (χ4v) is 6.38. The Morgan fingerprint density at radius 2 is 1.85 bits per heavy atom. The molecule has 2 aliphatic rings. The number of pyridine rings is 1. The van der Waals surface area contributed by atoms with Crippen LogP contribution < -0.4 is 9.47 Å². The molecule has 3 aromatic carbocycles. The Morgan fingerprint density at radius 1 is 0.981 bits per heavy atom. The van der Waals surface area contributed by atoms with Crippen molar-refractivity contribution >= 4 is 17.0 Å². The molecule has 1 fully saturated rings. The quantitative estimate of drug-likeness (QED) is 0.131. The van der Waals surface area contributed by atoms with Gasteiger partial charge in [-0.1, -0.05) is 6.07 Å². The molecule has 13 heteroatoms. The third kappa shape index (κ3) is 7.32. The number of nitrogens with zero attached hydrogens (tertiary/aromatic N) is 4. The van der Waals surface area contributed by atoms with E-state index in [1.54, 1.807) is 37.4 Å². The first-order valence-corrected chi connectivity index (χ1v) is 16.9. The molecule has 4 bridgehead atoms. The van der Waals surface area contributed by atoms with E-state index in [1.165, 1.54) is 25.3 Å². The van der Waals surface area contributed by atoms with E-state index >= 15 is 8.78 Å². The van der Waals surface area contributed by atoms with E-state index in [1.807, 2.05) is 10.6 Å². The molecule has 11 nitrogen and oxygen atoms in total. The predicted molar refractivity (Wildman–Crippen MR) is 184 cm³/mol. The number of hydrogen-bond donors (Lipinski definition) is 0. The van der Waals surface area contributed by atoms with Gasteiger partial charge in [0.1, 0.15) is 47.6 Å². The third-order valence-electron chi connectivity index (χ3n) is 9.24. The highest BCUT2D eigenvalue weighted by Crippen LogP contribution is 2.34. The predicted octanol–water partition coefficient (Wildman–Crippen LogP) is 6.09. The van der Waals surface area contributed by atoms with Crippen LogP contribution in [-0.2, 0) is 51.5 Å². The fraction of sp³-hybridized carbons (Fsp3) is 0.333. The Morgan fingerprint density at radius 3 is 2.62 bits per heavy atom. The van der Waals surface area contributed by atoms with Crippen LogP contribution in [0, 0.1) is 23.0 Å². The summed E-state index contributed by atoms with van der Waals surface area (Å²) in [5.41, 5.74) is 4.58. The maximum Gasteiger partial charge on any atom is 0.338 e. The molecule has 2 aliphatic heterocycles. The van der Waals surface area contributed by atoms with Crippen LogP contribution >= 0.6 is 0 Å². The van der Waals surface area contributed by atoms with Crippen LogP contribution in [-0.4, -0.2) is 67.3 Å². The van der Waals surface area contributed by atoms with Gasteiger partial charge in [0.15, 0.2) is 0 Å². The molecule has 7 rings (SSSR count). The van der Waals surface area contributed by atoms with Crippen molar-refractivity contribution in [2.45, 2.75) is 45.1 Å². The first-order valence-electron chi connectivity index (χ1n) is 16.9. The Hall–Kier alpha value is -5.42. The number of hydrogen-bond acceptors (Lipinski definition) is 10. The molecule has 1 saturated heterocycles. The zero-order valence-corrected chi connectivity index (χ0v) is 28.7. The molecule has 0 aliphatic carbocycles. The molecule has 268 valence electrons. The lowest BCUT2D eigenvalue weighted by molar-refractivity contribution is -0.0589. The number of imidazole rings is 1. The standard InChI is InChI=1S/C39H36F2N4O7/c1-47-11-12-51-34-17-27(39(46)48-2)16-33-38(34)43-35(45(33)20-29-8-10-50-29)18-26-15-32(41)30-14-28(26)21-49-9-7-24-13-23(19-42)3-4-25(24)22-52-36-6-5-31(40)37(30)44-36/h3-6,13-17,29H,7-12,18,20-22H2,1-2H3/t29-/m0/s1. The second kappa shape index (κ2) is 15.4. The zero-order valence-electron chi connectivity index (χ0n) is 28.7. The van der Waals surface area contributed by atoms with Gasteiger partial charge in [-0.2, -0.15) is 5.26 Å². The molecule has 1 atom stereocenters. The summed E-state index contributed by atoms with van der Waals surface area (Å²) in [6.07, 6.45) is 1.42. The van der Waals surface area contributed by atoms with Crippen molar-refractivity contribution in [3.05, 3.63) is 105 Å². The lowest BCUT2D eigenvalue weighted by Crippen LogP contribution is -2.31. The van der Waals surface area contributed by atoms with E-state index in [0.717, 1.165) is 17.5 Å². The summed E-state index contributed by atoms with van der Waals surface area (Å²) in [4.78, 5) is 22.1. The number of aromatic nitrogens is 3. The molecule has 0 amide bonds. The van der Waals surface area contributed by atoms with E-state index in [0.29, 0.717) is 72.1 Å². The van der Waals surface area contributed by atoms with Crippen LogP contribution in [0.3, 0.4) is 0 Å². The number of esters is 1. The number of methoxy groups -OCH3 is 2. The number of benzene rings is 3. The van der Waals surface area contributed by atoms with Gasteiger partial charge in [0.25, 0.3) is 0 Å². The van der Waals surface area contributed by atoms with Crippen LogP contribution in [0.4, 0.5) is 8.78 Å². The van der Waals surface area contributed by atoms with Crippen LogP contribution in [0.5, 0.6) is 11.6 Å². The molecule has 52 heavy (non-hydrogen) atoms. The van der Waals surface area contributed by atoms with Crippen LogP contribution in [0.25, 0.3) is 22.3 Å². The number of fused-ring (bicyclic) bond motifs is 7. The molecule has 4 heterocycles. The van der Waals surface area contributed by atoms with E-state index in [2.05, 4.69) is 11.1 Å². The molecule has 2 aromatic heterocycles. The summed E-state index contributed by atoms with van der Waals surface area (Å²) in [5, 5.41) is 9.50. The molecule has 5 aromatic rings. The normalized spacial score (nSPS) is 15.5. The van der Waals surface area contributed by atoms with Crippen molar-refractivity contribution in [2.24, 2.45) is 0 Å². The zero-order chi connectivity index (χ0) is 36.2. The van der Waals surface area contributed by atoms with Gasteiger partial charge in [-0.25, -0.2) is 23.5 Å². The molecule has 0 saturated carbocycles. The van der Waals surface area contributed by atoms with Crippen molar-refractivity contribution in [1.29, 1.82) is 5.26 Å². The first kappa shape index (κ1) is 35.0. The van der Waals surface area contributed by atoms with E-state index in [9.17, 15) is 10.1 Å². The molecule has 0 spiro atoms. The van der Waals surface area contributed by atoms with Crippen molar-refractivity contribution in [2.75, 3.05) is 40.6 Å². The fourth-order valence-electron chi connectivity index (χ4n) is 6.38. The van der Waals surface area contributed by atoms with E-state index < -0.39 is 17.6 Å². The van der Waals surface area contributed by atoms with Gasteiger partial charge >= 0.3 is 5.97 Å². The summed E-state index contributed by atoms with van der Waals surface area (Å²) >= 11 is 0. The maximum absolute atomic E-state index is 16.1. The van der Waals surface area contributed by atoms with Gasteiger partial charge < -0.3 is 33.0 Å². The summed E-state index contributed by atoms with van der Waals surface area (Å²) in [5.74, 6) is -0.839. The number of carbonyl (C=O) groups excluding carboxylic acids is 1. The number of nitriles is 1. The maximum atomic E-state index is 16.1. The molecular weight excluding hydrogens is 674 g/mol. The van der Waals surface area contributed by atoms with Gasteiger partial charge in [-0.05, 0) is 77.6 Å². The SMILES string of the molecule is COCCOc1cc(C(=O)OC)cc2c1nc(Cc1cc(F)c3cc1COCCc1cc(C#N)ccc1COc1ccc(F)c-3n1)n2C[C@@H]1CCO1. The molecule has 0 radical (unpaired) electrons. The van der Waals surface area contributed by atoms with Crippen LogP contribution in [0.2, 0.25) is 0 Å². The molecule has 0 N–H and O–H groups in total.